The lowest BCUT2D eigenvalue weighted by Gasteiger charge is -2.30. The van der Waals surface area contributed by atoms with Gasteiger partial charge in [0.25, 0.3) is 0 Å². The van der Waals surface area contributed by atoms with E-state index in [0.29, 0.717) is 5.11 Å². The van der Waals surface area contributed by atoms with Gasteiger partial charge in [-0.1, -0.05) is 12.1 Å². The van der Waals surface area contributed by atoms with Crippen molar-refractivity contribution in [2.75, 3.05) is 28.6 Å². The molecule has 0 amide bonds. The summed E-state index contributed by atoms with van der Waals surface area (Å²) in [5, 5.41) is 7.05. The summed E-state index contributed by atoms with van der Waals surface area (Å²) in [6, 6.07) is 12.2. The van der Waals surface area contributed by atoms with Gasteiger partial charge >= 0.3 is 0 Å². The number of thiocarbonyl (C=S) groups is 1. The SMILES string of the molecule is S=C(Nc1cccnc1)Nc1ccccc1N1CCCCC1. The van der Waals surface area contributed by atoms with Gasteiger partial charge in [0.2, 0.25) is 0 Å². The Hall–Kier alpha value is -2.14. The third kappa shape index (κ3) is 3.74. The number of rotatable bonds is 3. The summed E-state index contributed by atoms with van der Waals surface area (Å²) in [6.07, 6.45) is 7.34. The van der Waals surface area contributed by atoms with Crippen LogP contribution >= 0.6 is 12.2 Å². The Labute approximate surface area is 136 Å². The number of nitrogens with zero attached hydrogens (tertiary/aromatic N) is 2. The van der Waals surface area contributed by atoms with Crippen LogP contribution < -0.4 is 15.5 Å². The van der Waals surface area contributed by atoms with E-state index in [2.05, 4.69) is 38.7 Å². The van der Waals surface area contributed by atoms with Crippen LogP contribution in [0.5, 0.6) is 0 Å². The van der Waals surface area contributed by atoms with Crippen LogP contribution in [0, 0.1) is 0 Å². The summed E-state index contributed by atoms with van der Waals surface area (Å²) >= 11 is 5.41. The molecule has 1 fully saturated rings. The molecule has 0 unspecified atom stereocenters. The summed E-state index contributed by atoms with van der Waals surface area (Å²) in [5.74, 6) is 0. The van der Waals surface area contributed by atoms with E-state index in [-0.39, 0.29) is 0 Å². The van der Waals surface area contributed by atoms with Crippen molar-refractivity contribution in [1.82, 2.24) is 4.98 Å². The molecule has 2 heterocycles. The van der Waals surface area contributed by atoms with Crippen LogP contribution in [-0.4, -0.2) is 23.2 Å². The minimum absolute atomic E-state index is 0.581. The summed E-state index contributed by atoms with van der Waals surface area (Å²) < 4.78 is 0. The van der Waals surface area contributed by atoms with Crippen molar-refractivity contribution in [2.45, 2.75) is 19.3 Å². The number of hydrogen-bond acceptors (Lipinski definition) is 3. The van der Waals surface area contributed by atoms with Gasteiger partial charge in [0.15, 0.2) is 5.11 Å². The molecule has 1 aliphatic heterocycles. The minimum atomic E-state index is 0.581. The molecule has 0 bridgehead atoms. The van der Waals surface area contributed by atoms with Gasteiger partial charge in [-0.05, 0) is 55.7 Å². The van der Waals surface area contributed by atoms with Crippen LogP contribution in [0.2, 0.25) is 0 Å². The van der Waals surface area contributed by atoms with Crippen LogP contribution in [0.15, 0.2) is 48.8 Å². The first kappa shape index (κ1) is 14.8. The van der Waals surface area contributed by atoms with Crippen molar-refractivity contribution in [3.05, 3.63) is 48.8 Å². The maximum absolute atomic E-state index is 5.41. The molecule has 0 aliphatic carbocycles. The molecule has 1 aliphatic rings. The molecule has 0 spiro atoms. The second kappa shape index (κ2) is 7.22. The Morgan fingerprint density at radius 1 is 1.00 bits per heavy atom. The lowest BCUT2D eigenvalue weighted by Crippen LogP contribution is -2.30. The molecule has 1 saturated heterocycles. The molecule has 114 valence electrons. The second-order valence-corrected chi connectivity index (χ2v) is 5.79. The van der Waals surface area contributed by atoms with E-state index in [9.17, 15) is 0 Å². The maximum Gasteiger partial charge on any atom is 0.175 e. The smallest absolute Gasteiger partial charge is 0.175 e. The number of benzene rings is 1. The fourth-order valence-electron chi connectivity index (χ4n) is 2.71. The van der Waals surface area contributed by atoms with Gasteiger partial charge in [0, 0.05) is 19.3 Å². The zero-order valence-electron chi connectivity index (χ0n) is 12.5. The molecule has 2 N–H and O–H groups in total. The van der Waals surface area contributed by atoms with Crippen molar-refractivity contribution < 1.29 is 0 Å². The number of pyridine rings is 1. The minimum Gasteiger partial charge on any atom is -0.370 e. The first-order valence-corrected chi connectivity index (χ1v) is 8.06. The highest BCUT2D eigenvalue weighted by molar-refractivity contribution is 7.80. The molecular weight excluding hydrogens is 292 g/mol. The van der Waals surface area contributed by atoms with Crippen molar-refractivity contribution in [2.24, 2.45) is 0 Å². The molecule has 0 atom stereocenters. The standard InChI is InChI=1S/C17H20N4S/c22-17(19-14-7-6-10-18-13-14)20-15-8-2-3-9-16(15)21-11-4-1-5-12-21/h2-3,6-10,13H,1,4-5,11-12H2,(H2,19,20,22). The third-order valence-corrected chi connectivity index (χ3v) is 3.97. The number of aromatic nitrogens is 1. The molecule has 1 aromatic carbocycles. The monoisotopic (exact) mass is 312 g/mol. The highest BCUT2D eigenvalue weighted by Crippen LogP contribution is 2.28. The van der Waals surface area contributed by atoms with Gasteiger partial charge in [-0.15, -0.1) is 0 Å². The van der Waals surface area contributed by atoms with Crippen LogP contribution in [0.3, 0.4) is 0 Å². The van der Waals surface area contributed by atoms with E-state index in [1.165, 1.54) is 24.9 Å². The van der Waals surface area contributed by atoms with E-state index in [1.807, 2.05) is 18.2 Å². The van der Waals surface area contributed by atoms with Crippen LogP contribution in [0.25, 0.3) is 0 Å². The quantitative estimate of drug-likeness (QED) is 0.842. The second-order valence-electron chi connectivity index (χ2n) is 5.39. The zero-order chi connectivity index (χ0) is 15.2. The van der Waals surface area contributed by atoms with Gasteiger partial charge in [-0.25, -0.2) is 0 Å². The molecule has 0 radical (unpaired) electrons. The molecule has 1 aromatic heterocycles. The fraction of sp³-hybridized carbons (Fsp3) is 0.294. The summed E-state index contributed by atoms with van der Waals surface area (Å²) in [7, 11) is 0. The Bertz CT molecular complexity index is 624. The molecule has 0 saturated carbocycles. The maximum atomic E-state index is 5.41. The van der Waals surface area contributed by atoms with Gasteiger partial charge in [0.05, 0.1) is 23.3 Å². The van der Waals surface area contributed by atoms with Crippen molar-refractivity contribution in [3.63, 3.8) is 0 Å². The number of hydrogen-bond donors (Lipinski definition) is 2. The Balaban J connectivity index is 1.70. The van der Waals surface area contributed by atoms with Crippen molar-refractivity contribution in [3.8, 4) is 0 Å². The number of piperidine rings is 1. The van der Waals surface area contributed by atoms with Crippen molar-refractivity contribution in [1.29, 1.82) is 0 Å². The largest absolute Gasteiger partial charge is 0.370 e. The average Bonchev–Trinajstić information content (AvgIpc) is 2.57. The van der Waals surface area contributed by atoms with E-state index < -0.39 is 0 Å². The number of anilines is 3. The van der Waals surface area contributed by atoms with E-state index in [1.54, 1.807) is 12.4 Å². The summed E-state index contributed by atoms with van der Waals surface area (Å²) in [6.45, 7) is 2.23. The lowest BCUT2D eigenvalue weighted by molar-refractivity contribution is 0.578. The molecule has 3 rings (SSSR count). The first-order valence-electron chi connectivity index (χ1n) is 7.65. The highest BCUT2D eigenvalue weighted by atomic mass is 32.1. The predicted octanol–water partition coefficient (Wildman–Crippen LogP) is 3.88. The van der Waals surface area contributed by atoms with Crippen LogP contribution in [0.1, 0.15) is 19.3 Å². The number of nitrogens with one attached hydrogen (secondary N) is 2. The topological polar surface area (TPSA) is 40.2 Å². The summed E-state index contributed by atoms with van der Waals surface area (Å²) in [5.41, 5.74) is 3.15. The van der Waals surface area contributed by atoms with E-state index >= 15 is 0 Å². The Kier molecular flexibility index (Phi) is 4.85. The molecule has 4 nitrogen and oxygen atoms in total. The molecular formula is C17H20N4S. The van der Waals surface area contributed by atoms with Gasteiger partial charge < -0.3 is 15.5 Å². The van der Waals surface area contributed by atoms with Crippen LogP contribution in [-0.2, 0) is 0 Å². The number of para-hydroxylation sites is 2. The highest BCUT2D eigenvalue weighted by Gasteiger charge is 2.14. The van der Waals surface area contributed by atoms with Crippen molar-refractivity contribution >= 4 is 34.4 Å². The van der Waals surface area contributed by atoms with Gasteiger partial charge in [-0.2, -0.15) is 0 Å². The fourth-order valence-corrected chi connectivity index (χ4v) is 2.94. The van der Waals surface area contributed by atoms with Gasteiger partial charge in [0.1, 0.15) is 0 Å². The third-order valence-electron chi connectivity index (χ3n) is 3.77. The Morgan fingerprint density at radius 2 is 1.82 bits per heavy atom. The zero-order valence-corrected chi connectivity index (χ0v) is 13.3. The van der Waals surface area contributed by atoms with E-state index in [0.717, 1.165) is 24.5 Å². The Morgan fingerprint density at radius 3 is 2.59 bits per heavy atom. The van der Waals surface area contributed by atoms with Crippen LogP contribution in [0.4, 0.5) is 17.1 Å². The first-order chi connectivity index (χ1) is 10.8. The molecule has 22 heavy (non-hydrogen) atoms. The normalized spacial score (nSPS) is 14.5. The van der Waals surface area contributed by atoms with Gasteiger partial charge in [-0.3, -0.25) is 4.98 Å². The lowest BCUT2D eigenvalue weighted by atomic mass is 10.1. The summed E-state index contributed by atoms with van der Waals surface area (Å²) in [4.78, 5) is 6.51. The van der Waals surface area contributed by atoms with E-state index in [4.69, 9.17) is 12.2 Å². The predicted molar refractivity (Wildman–Crippen MR) is 96.6 cm³/mol. The molecule has 2 aromatic rings. The average molecular weight is 312 g/mol. The molecule has 5 heteroatoms.